The van der Waals surface area contributed by atoms with Crippen molar-refractivity contribution in [2.45, 2.75) is 0 Å². The number of aromatic nitrogens is 2. The van der Waals surface area contributed by atoms with Gasteiger partial charge in [-0.05, 0) is 83.4 Å². The molecule has 0 fully saturated rings. The summed E-state index contributed by atoms with van der Waals surface area (Å²) in [6.07, 6.45) is 0. The molecule has 0 aliphatic heterocycles. The van der Waals surface area contributed by atoms with Gasteiger partial charge in [0.25, 0.3) is 0 Å². The number of rotatable bonds is 4. The van der Waals surface area contributed by atoms with Crippen LogP contribution < -0.4 is 0 Å². The van der Waals surface area contributed by atoms with E-state index < -0.39 is 0 Å². The summed E-state index contributed by atoms with van der Waals surface area (Å²) in [4.78, 5) is 0. The number of hydrogen-bond donors (Lipinski definition) is 0. The third-order valence-corrected chi connectivity index (χ3v) is 9.40. The summed E-state index contributed by atoms with van der Waals surface area (Å²) >= 11 is 0. The molecule has 9 aromatic rings. The molecule has 0 saturated heterocycles. The molecule has 48 heavy (non-hydrogen) atoms. The summed E-state index contributed by atoms with van der Waals surface area (Å²) in [6, 6.07) is 59.0. The molecule has 0 atom stereocenters. The summed E-state index contributed by atoms with van der Waals surface area (Å²) in [6.45, 7) is 0. The fourth-order valence-corrected chi connectivity index (χ4v) is 7.45. The molecule has 0 aliphatic rings. The van der Waals surface area contributed by atoms with Gasteiger partial charge >= 0.3 is 0 Å². The van der Waals surface area contributed by atoms with Crippen molar-refractivity contribution in [1.29, 1.82) is 10.5 Å². The summed E-state index contributed by atoms with van der Waals surface area (Å²) in [5.41, 5.74) is 11.4. The number of fused-ring (bicyclic) bond motifs is 6. The number of nitriles is 2. The van der Waals surface area contributed by atoms with Crippen LogP contribution in [-0.4, -0.2) is 9.13 Å². The highest BCUT2D eigenvalue weighted by atomic mass is 15.0. The summed E-state index contributed by atoms with van der Waals surface area (Å²) in [5, 5.41) is 24.6. The summed E-state index contributed by atoms with van der Waals surface area (Å²) in [7, 11) is 0. The lowest BCUT2D eigenvalue weighted by Crippen LogP contribution is -1.94. The molecule has 4 heteroatoms. The van der Waals surface area contributed by atoms with Crippen molar-refractivity contribution in [1.82, 2.24) is 9.13 Å². The van der Waals surface area contributed by atoms with Gasteiger partial charge in [0.2, 0.25) is 0 Å². The van der Waals surface area contributed by atoms with Crippen LogP contribution in [0.2, 0.25) is 0 Å². The molecule has 2 aromatic heterocycles. The Hall–Kier alpha value is -6.88. The van der Waals surface area contributed by atoms with Crippen molar-refractivity contribution in [3.8, 4) is 45.8 Å². The molecule has 0 bridgehead atoms. The van der Waals surface area contributed by atoms with E-state index in [1.54, 1.807) is 18.2 Å². The van der Waals surface area contributed by atoms with Crippen molar-refractivity contribution in [3.63, 3.8) is 0 Å². The molecular formula is C44H26N4. The lowest BCUT2D eigenvalue weighted by molar-refractivity contribution is 1.18. The number of hydrogen-bond acceptors (Lipinski definition) is 2. The van der Waals surface area contributed by atoms with Gasteiger partial charge in [-0.2, -0.15) is 10.5 Å². The molecule has 4 nitrogen and oxygen atoms in total. The Morgan fingerprint density at radius 3 is 1.46 bits per heavy atom. The van der Waals surface area contributed by atoms with Gasteiger partial charge < -0.3 is 9.13 Å². The molecule has 7 aromatic carbocycles. The van der Waals surface area contributed by atoms with Crippen LogP contribution in [-0.2, 0) is 0 Å². The highest BCUT2D eigenvalue weighted by Gasteiger charge is 2.21. The smallest absolute Gasteiger partial charge is 0.0998 e. The normalized spacial score (nSPS) is 11.3. The maximum atomic E-state index is 10.0. The first-order chi connectivity index (χ1) is 23.8. The summed E-state index contributed by atoms with van der Waals surface area (Å²) < 4.78 is 4.66. The zero-order chi connectivity index (χ0) is 32.2. The molecule has 2 heterocycles. The van der Waals surface area contributed by atoms with Gasteiger partial charge in [0.1, 0.15) is 0 Å². The molecule has 0 amide bonds. The van der Waals surface area contributed by atoms with Gasteiger partial charge in [-0.15, -0.1) is 0 Å². The van der Waals surface area contributed by atoms with E-state index >= 15 is 0 Å². The fourth-order valence-electron chi connectivity index (χ4n) is 7.45. The van der Waals surface area contributed by atoms with E-state index in [0.717, 1.165) is 60.9 Å². The van der Waals surface area contributed by atoms with Crippen LogP contribution >= 0.6 is 0 Å². The Morgan fingerprint density at radius 1 is 0.396 bits per heavy atom. The topological polar surface area (TPSA) is 57.4 Å². The number of benzene rings is 7. The molecule has 0 radical (unpaired) electrons. The summed E-state index contributed by atoms with van der Waals surface area (Å²) in [5.74, 6) is 0. The first kappa shape index (κ1) is 27.4. The van der Waals surface area contributed by atoms with Gasteiger partial charge in [-0.1, -0.05) is 91.0 Å². The first-order valence-electron chi connectivity index (χ1n) is 15.9. The van der Waals surface area contributed by atoms with Crippen LogP contribution in [0, 0.1) is 22.7 Å². The van der Waals surface area contributed by atoms with Gasteiger partial charge in [-0.3, -0.25) is 0 Å². The quantitative estimate of drug-likeness (QED) is 0.199. The zero-order valence-electron chi connectivity index (χ0n) is 25.8. The second-order valence-corrected chi connectivity index (χ2v) is 11.9. The lowest BCUT2D eigenvalue weighted by Gasteiger charge is -2.11. The molecule has 0 unspecified atom stereocenters. The first-order valence-corrected chi connectivity index (χ1v) is 15.9. The highest BCUT2D eigenvalue weighted by molar-refractivity contribution is 6.22. The fraction of sp³-hybridized carbons (Fsp3) is 0. The van der Waals surface area contributed by atoms with Crippen LogP contribution in [0.4, 0.5) is 0 Å². The Morgan fingerprint density at radius 2 is 0.875 bits per heavy atom. The molecule has 0 aliphatic carbocycles. The zero-order valence-corrected chi connectivity index (χ0v) is 25.8. The molecule has 0 saturated carbocycles. The van der Waals surface area contributed by atoms with E-state index in [0.29, 0.717) is 16.7 Å². The Balaban J connectivity index is 1.42. The average molecular weight is 611 g/mol. The molecule has 9 rings (SSSR count). The monoisotopic (exact) mass is 610 g/mol. The van der Waals surface area contributed by atoms with Gasteiger partial charge in [0.15, 0.2) is 0 Å². The maximum Gasteiger partial charge on any atom is 0.0998 e. The minimum Gasteiger partial charge on any atom is -0.309 e. The minimum absolute atomic E-state index is 0.485. The van der Waals surface area contributed by atoms with E-state index in [4.69, 9.17) is 0 Å². The van der Waals surface area contributed by atoms with E-state index in [-0.39, 0.29) is 0 Å². The molecule has 0 N–H and O–H groups in total. The third-order valence-electron chi connectivity index (χ3n) is 9.40. The van der Waals surface area contributed by atoms with Crippen LogP contribution in [0.25, 0.3) is 77.2 Å². The standard InChI is InChI=1S/C44H26N4/c45-27-30-12-9-13-31(28-46)42(30)29-24-25-39-37(26-29)44-35(20-11-23-41(44)48(39)33-16-5-2-6-17-33)34-19-10-22-40-43(34)36-18-7-8-21-38(36)47(40)32-14-3-1-4-15-32/h1-26H. The lowest BCUT2D eigenvalue weighted by atomic mass is 9.92. The predicted octanol–water partition coefficient (Wildman–Crippen LogP) is 11.0. The largest absolute Gasteiger partial charge is 0.309 e. The number of para-hydroxylation sites is 3. The Bertz CT molecular complexity index is 2760. The highest BCUT2D eigenvalue weighted by Crippen LogP contribution is 2.44. The minimum atomic E-state index is 0.485. The van der Waals surface area contributed by atoms with Crippen molar-refractivity contribution in [3.05, 3.63) is 169 Å². The second kappa shape index (κ2) is 10.9. The Kier molecular flexibility index (Phi) is 6.22. The van der Waals surface area contributed by atoms with Crippen molar-refractivity contribution < 1.29 is 0 Å². The van der Waals surface area contributed by atoms with Crippen molar-refractivity contribution in [2.24, 2.45) is 0 Å². The van der Waals surface area contributed by atoms with Crippen molar-refractivity contribution >= 4 is 43.6 Å². The van der Waals surface area contributed by atoms with E-state index in [1.165, 1.54) is 10.8 Å². The third kappa shape index (κ3) is 4.01. The van der Waals surface area contributed by atoms with Gasteiger partial charge in [0, 0.05) is 38.5 Å². The average Bonchev–Trinajstić information content (AvgIpc) is 3.68. The molecule has 0 spiro atoms. The van der Waals surface area contributed by atoms with Crippen LogP contribution in [0.1, 0.15) is 11.1 Å². The molecule has 222 valence electrons. The SMILES string of the molecule is N#Cc1cccc(C#N)c1-c1ccc2c(c1)c1c(-c3cccc4c3c3ccccc3n4-c3ccccc3)cccc1n2-c1ccccc1. The van der Waals surface area contributed by atoms with Crippen LogP contribution in [0.5, 0.6) is 0 Å². The van der Waals surface area contributed by atoms with E-state index in [1.807, 2.05) is 12.1 Å². The van der Waals surface area contributed by atoms with E-state index in [2.05, 4.69) is 149 Å². The molecular weight excluding hydrogens is 585 g/mol. The van der Waals surface area contributed by atoms with Crippen molar-refractivity contribution in [2.75, 3.05) is 0 Å². The second-order valence-electron chi connectivity index (χ2n) is 11.9. The van der Waals surface area contributed by atoms with E-state index in [9.17, 15) is 10.5 Å². The Labute approximate surface area is 277 Å². The van der Waals surface area contributed by atoms with Crippen LogP contribution in [0.15, 0.2) is 158 Å². The predicted molar refractivity (Wildman–Crippen MR) is 195 cm³/mol. The number of nitrogens with zero attached hydrogens (tertiary/aromatic N) is 4. The van der Waals surface area contributed by atoms with Gasteiger partial charge in [-0.25, -0.2) is 0 Å². The maximum absolute atomic E-state index is 10.0. The van der Waals surface area contributed by atoms with Gasteiger partial charge in [0.05, 0.1) is 45.3 Å². The van der Waals surface area contributed by atoms with Crippen LogP contribution in [0.3, 0.4) is 0 Å².